The summed E-state index contributed by atoms with van der Waals surface area (Å²) >= 11 is 4.83. The van der Waals surface area contributed by atoms with Crippen LogP contribution in [0.3, 0.4) is 0 Å². The van der Waals surface area contributed by atoms with E-state index in [-0.39, 0.29) is 5.82 Å². The van der Waals surface area contributed by atoms with Crippen molar-refractivity contribution in [2.24, 2.45) is 4.99 Å². The minimum Gasteiger partial charge on any atom is -0.357 e. The van der Waals surface area contributed by atoms with Gasteiger partial charge in [-0.05, 0) is 54.4 Å². The van der Waals surface area contributed by atoms with Crippen LogP contribution in [-0.4, -0.2) is 17.5 Å². The molecule has 0 aliphatic rings. The highest BCUT2D eigenvalue weighted by molar-refractivity contribution is 9.10. The first-order chi connectivity index (χ1) is 11.0. The first-order valence-electron chi connectivity index (χ1n) is 7.38. The molecule has 1 heterocycles. The average Bonchev–Trinajstić information content (AvgIpc) is 2.83. The van der Waals surface area contributed by atoms with E-state index in [1.807, 2.05) is 26.8 Å². The summed E-state index contributed by atoms with van der Waals surface area (Å²) in [5.41, 5.74) is 1.87. The molecule has 7 heteroatoms. The lowest BCUT2D eigenvalue weighted by Gasteiger charge is -2.11. The fourth-order valence-corrected chi connectivity index (χ4v) is 3.18. The van der Waals surface area contributed by atoms with E-state index >= 15 is 0 Å². The minimum absolute atomic E-state index is 0.272. The van der Waals surface area contributed by atoms with Crippen LogP contribution < -0.4 is 10.6 Å². The standard InChI is InChI=1S/C16H20BrFN4S/c1-4-19-16(21-9-15-10(2)22-11(3)23-15)20-8-12-5-6-13(17)14(18)7-12/h5-7H,4,8-9H2,1-3H3,(H2,19,20,21). The lowest BCUT2D eigenvalue weighted by Crippen LogP contribution is -2.36. The molecule has 1 aromatic carbocycles. The first-order valence-corrected chi connectivity index (χ1v) is 8.99. The Morgan fingerprint density at radius 1 is 1.35 bits per heavy atom. The minimum atomic E-state index is -0.272. The fraction of sp³-hybridized carbons (Fsp3) is 0.375. The monoisotopic (exact) mass is 398 g/mol. The van der Waals surface area contributed by atoms with E-state index in [9.17, 15) is 4.39 Å². The number of thiazole rings is 1. The van der Waals surface area contributed by atoms with Crippen LogP contribution in [0.2, 0.25) is 0 Å². The highest BCUT2D eigenvalue weighted by atomic mass is 79.9. The van der Waals surface area contributed by atoms with Crippen molar-refractivity contribution in [2.75, 3.05) is 6.54 Å². The van der Waals surface area contributed by atoms with Crippen LogP contribution in [0.25, 0.3) is 0 Å². The third kappa shape index (κ3) is 5.28. The number of benzene rings is 1. The van der Waals surface area contributed by atoms with E-state index in [0.717, 1.165) is 22.8 Å². The molecule has 2 aromatic rings. The van der Waals surface area contributed by atoms with Crippen molar-refractivity contribution in [2.45, 2.75) is 33.9 Å². The van der Waals surface area contributed by atoms with E-state index in [0.29, 0.717) is 23.5 Å². The predicted octanol–water partition coefficient (Wildman–Crippen LogP) is 3.92. The van der Waals surface area contributed by atoms with Crippen LogP contribution >= 0.6 is 27.3 Å². The zero-order valence-electron chi connectivity index (χ0n) is 13.4. The number of nitrogens with zero attached hydrogens (tertiary/aromatic N) is 2. The number of halogens is 2. The van der Waals surface area contributed by atoms with E-state index in [1.165, 1.54) is 10.9 Å². The van der Waals surface area contributed by atoms with Crippen LogP contribution in [-0.2, 0) is 13.1 Å². The first kappa shape index (κ1) is 17.9. The quantitative estimate of drug-likeness (QED) is 0.592. The maximum Gasteiger partial charge on any atom is 0.191 e. The van der Waals surface area contributed by atoms with Crippen LogP contribution in [0.4, 0.5) is 4.39 Å². The molecule has 0 unspecified atom stereocenters. The molecule has 23 heavy (non-hydrogen) atoms. The normalized spacial score (nSPS) is 11.6. The number of guanidine groups is 1. The molecule has 4 nitrogen and oxygen atoms in total. The van der Waals surface area contributed by atoms with Gasteiger partial charge in [-0.15, -0.1) is 11.3 Å². The van der Waals surface area contributed by atoms with Gasteiger partial charge in [0.15, 0.2) is 5.96 Å². The smallest absolute Gasteiger partial charge is 0.191 e. The van der Waals surface area contributed by atoms with Gasteiger partial charge in [-0.2, -0.15) is 0 Å². The molecule has 0 amide bonds. The van der Waals surface area contributed by atoms with Gasteiger partial charge in [0.25, 0.3) is 0 Å². The number of aryl methyl sites for hydroxylation is 2. The van der Waals surface area contributed by atoms with Gasteiger partial charge in [0.05, 0.1) is 28.3 Å². The lowest BCUT2D eigenvalue weighted by atomic mass is 10.2. The molecule has 1 aromatic heterocycles. The van der Waals surface area contributed by atoms with Gasteiger partial charge < -0.3 is 10.6 Å². The van der Waals surface area contributed by atoms with Crippen molar-refractivity contribution in [3.05, 3.63) is 49.6 Å². The predicted molar refractivity (Wildman–Crippen MR) is 97.3 cm³/mol. The SMILES string of the molecule is CCNC(=NCc1ccc(Br)c(F)c1)NCc1sc(C)nc1C. The Bertz CT molecular complexity index is 699. The molecule has 0 aliphatic heterocycles. The van der Waals surface area contributed by atoms with Gasteiger partial charge >= 0.3 is 0 Å². The summed E-state index contributed by atoms with van der Waals surface area (Å²) < 4.78 is 14.0. The van der Waals surface area contributed by atoms with Gasteiger partial charge in [-0.3, -0.25) is 0 Å². The van der Waals surface area contributed by atoms with Gasteiger partial charge in [-0.25, -0.2) is 14.4 Å². The summed E-state index contributed by atoms with van der Waals surface area (Å²) in [6.45, 7) is 7.88. The zero-order chi connectivity index (χ0) is 16.8. The highest BCUT2D eigenvalue weighted by Gasteiger charge is 2.06. The van der Waals surface area contributed by atoms with Crippen LogP contribution in [0.5, 0.6) is 0 Å². The molecule has 0 fully saturated rings. The Morgan fingerprint density at radius 2 is 2.13 bits per heavy atom. The maximum atomic E-state index is 13.5. The Hall–Kier alpha value is -1.47. The largest absolute Gasteiger partial charge is 0.357 e. The Kier molecular flexibility index (Phi) is 6.53. The van der Waals surface area contributed by atoms with Crippen LogP contribution in [0.15, 0.2) is 27.7 Å². The summed E-state index contributed by atoms with van der Waals surface area (Å²) in [7, 11) is 0. The van der Waals surface area contributed by atoms with E-state index in [1.54, 1.807) is 17.4 Å². The number of aliphatic imine (C=N–C) groups is 1. The van der Waals surface area contributed by atoms with Crippen LogP contribution in [0.1, 0.15) is 28.1 Å². The molecule has 0 atom stereocenters. The van der Waals surface area contributed by atoms with Crippen LogP contribution in [0, 0.1) is 19.7 Å². The zero-order valence-corrected chi connectivity index (χ0v) is 15.8. The van der Waals surface area contributed by atoms with Crippen molar-refractivity contribution >= 4 is 33.2 Å². The highest BCUT2D eigenvalue weighted by Crippen LogP contribution is 2.17. The van der Waals surface area contributed by atoms with Gasteiger partial charge in [-0.1, -0.05) is 6.07 Å². The Balaban J connectivity index is 2.01. The average molecular weight is 399 g/mol. The van der Waals surface area contributed by atoms with E-state index < -0.39 is 0 Å². The fourth-order valence-electron chi connectivity index (χ4n) is 2.05. The second-order valence-electron chi connectivity index (χ2n) is 5.04. The molecule has 0 radical (unpaired) electrons. The molecular weight excluding hydrogens is 379 g/mol. The number of aromatic nitrogens is 1. The second-order valence-corrected chi connectivity index (χ2v) is 7.18. The van der Waals surface area contributed by atoms with Gasteiger partial charge in [0, 0.05) is 11.4 Å². The number of rotatable bonds is 5. The van der Waals surface area contributed by atoms with Crippen molar-refractivity contribution in [1.29, 1.82) is 0 Å². The molecule has 124 valence electrons. The molecule has 2 N–H and O–H groups in total. The van der Waals surface area contributed by atoms with Crippen molar-refractivity contribution in [3.8, 4) is 0 Å². The van der Waals surface area contributed by atoms with E-state index in [2.05, 4.69) is 36.5 Å². The molecule has 0 saturated heterocycles. The third-order valence-corrected chi connectivity index (χ3v) is 4.88. The van der Waals surface area contributed by atoms with Crippen molar-refractivity contribution in [1.82, 2.24) is 15.6 Å². The summed E-state index contributed by atoms with van der Waals surface area (Å²) in [5.74, 6) is 0.438. The van der Waals surface area contributed by atoms with Gasteiger partial charge in [0.2, 0.25) is 0 Å². The third-order valence-electron chi connectivity index (χ3n) is 3.16. The summed E-state index contributed by atoms with van der Waals surface area (Å²) in [6.07, 6.45) is 0. The van der Waals surface area contributed by atoms with E-state index in [4.69, 9.17) is 0 Å². The Labute approximate surface area is 148 Å². The second kappa shape index (κ2) is 8.40. The summed E-state index contributed by atoms with van der Waals surface area (Å²) in [4.78, 5) is 10.1. The summed E-state index contributed by atoms with van der Waals surface area (Å²) in [5, 5.41) is 7.55. The molecule has 0 saturated carbocycles. The summed E-state index contributed by atoms with van der Waals surface area (Å²) in [6, 6.07) is 5.05. The van der Waals surface area contributed by atoms with Crippen molar-refractivity contribution < 1.29 is 4.39 Å². The number of hydrogen-bond donors (Lipinski definition) is 2. The topological polar surface area (TPSA) is 49.3 Å². The van der Waals surface area contributed by atoms with Crippen molar-refractivity contribution in [3.63, 3.8) is 0 Å². The molecular formula is C16H20BrFN4S. The lowest BCUT2D eigenvalue weighted by molar-refractivity contribution is 0.618. The van der Waals surface area contributed by atoms with Gasteiger partial charge in [0.1, 0.15) is 5.82 Å². The molecule has 0 spiro atoms. The number of nitrogens with one attached hydrogen (secondary N) is 2. The molecule has 2 rings (SSSR count). The maximum absolute atomic E-state index is 13.5. The Morgan fingerprint density at radius 3 is 2.74 bits per heavy atom. The molecule has 0 bridgehead atoms. The number of hydrogen-bond acceptors (Lipinski definition) is 3. The molecule has 0 aliphatic carbocycles.